The number of urea groups is 1. The van der Waals surface area contributed by atoms with Crippen molar-refractivity contribution in [3.05, 3.63) is 88.7 Å². The molecule has 1 aliphatic rings. The van der Waals surface area contributed by atoms with Gasteiger partial charge in [0.1, 0.15) is 0 Å². The van der Waals surface area contributed by atoms with E-state index in [1.54, 1.807) is 0 Å². The van der Waals surface area contributed by atoms with Crippen LogP contribution in [0.2, 0.25) is 5.02 Å². The molecular weight excluding hydrogens is 406 g/mol. The number of halogens is 1. The fourth-order valence-corrected chi connectivity index (χ4v) is 4.52. The number of carbonyl (C=O) groups excluding carboxylic acids is 1. The fraction of sp³-hybridized carbons (Fsp3) is 0.346. The van der Waals surface area contributed by atoms with Crippen molar-refractivity contribution in [3.63, 3.8) is 0 Å². The van der Waals surface area contributed by atoms with Crippen LogP contribution in [0.15, 0.2) is 66.9 Å². The van der Waals surface area contributed by atoms with Gasteiger partial charge in [-0.2, -0.15) is 0 Å². The highest BCUT2D eigenvalue weighted by Crippen LogP contribution is 2.26. The maximum atomic E-state index is 13.3. The minimum atomic E-state index is -0.0266. The molecule has 31 heavy (non-hydrogen) atoms. The van der Waals surface area contributed by atoms with E-state index in [1.807, 2.05) is 60.4 Å². The second kappa shape index (κ2) is 10.1. The Morgan fingerprint density at radius 2 is 1.77 bits per heavy atom. The molecule has 0 atom stereocenters. The van der Waals surface area contributed by atoms with Crippen LogP contribution in [0.5, 0.6) is 0 Å². The lowest BCUT2D eigenvalue weighted by Crippen LogP contribution is -2.43. The van der Waals surface area contributed by atoms with Crippen molar-refractivity contribution in [1.82, 2.24) is 9.47 Å². The van der Waals surface area contributed by atoms with E-state index < -0.39 is 0 Å². The average molecular weight is 436 g/mol. The third-order valence-corrected chi connectivity index (χ3v) is 6.50. The minimum Gasteiger partial charge on any atom is -0.345 e. The van der Waals surface area contributed by atoms with Gasteiger partial charge in [0.05, 0.1) is 6.54 Å². The van der Waals surface area contributed by atoms with Gasteiger partial charge in [-0.1, -0.05) is 66.8 Å². The summed E-state index contributed by atoms with van der Waals surface area (Å²) in [5.41, 5.74) is 4.21. The normalized spacial score (nSPS) is 14.4. The van der Waals surface area contributed by atoms with Crippen molar-refractivity contribution in [2.45, 2.75) is 58.2 Å². The SMILES string of the molecule is Cc1ccc(NC(=O)N(Cc2cccn2Cc2ccccc2Cl)C2CCCCC2)cc1. The van der Waals surface area contributed by atoms with Crippen molar-refractivity contribution in [1.29, 1.82) is 0 Å². The maximum Gasteiger partial charge on any atom is 0.322 e. The van der Waals surface area contributed by atoms with E-state index in [0.29, 0.717) is 13.1 Å². The molecule has 0 aliphatic heterocycles. The Balaban J connectivity index is 1.54. The molecule has 0 saturated heterocycles. The van der Waals surface area contributed by atoms with E-state index in [2.05, 4.69) is 28.2 Å². The number of hydrogen-bond acceptors (Lipinski definition) is 1. The van der Waals surface area contributed by atoms with Crippen molar-refractivity contribution in [3.8, 4) is 0 Å². The lowest BCUT2D eigenvalue weighted by Gasteiger charge is -2.34. The molecule has 4 nitrogen and oxygen atoms in total. The molecule has 0 unspecified atom stereocenters. The molecule has 1 aromatic heterocycles. The molecule has 0 bridgehead atoms. The molecule has 4 rings (SSSR count). The molecule has 2 amide bonds. The van der Waals surface area contributed by atoms with Gasteiger partial charge < -0.3 is 14.8 Å². The Morgan fingerprint density at radius 3 is 2.52 bits per heavy atom. The topological polar surface area (TPSA) is 37.3 Å². The minimum absolute atomic E-state index is 0.0266. The van der Waals surface area contributed by atoms with Gasteiger partial charge in [-0.15, -0.1) is 0 Å². The standard InChI is InChI=1S/C26H30ClN3O/c1-20-13-15-22(16-14-20)28-26(31)30(23-9-3-2-4-10-23)19-24-11-7-17-29(24)18-21-8-5-6-12-25(21)27/h5-8,11-17,23H,2-4,9-10,18-19H2,1H3,(H,28,31). The molecule has 1 fully saturated rings. The first-order valence-electron chi connectivity index (χ1n) is 11.1. The number of rotatable bonds is 6. The van der Waals surface area contributed by atoms with Gasteiger partial charge >= 0.3 is 6.03 Å². The van der Waals surface area contributed by atoms with Gasteiger partial charge in [-0.05, 0) is 55.7 Å². The van der Waals surface area contributed by atoms with Crippen LogP contribution in [0, 0.1) is 6.92 Å². The predicted molar refractivity (Wildman–Crippen MR) is 128 cm³/mol. The zero-order valence-electron chi connectivity index (χ0n) is 18.1. The number of aromatic nitrogens is 1. The van der Waals surface area contributed by atoms with E-state index >= 15 is 0 Å². The highest BCUT2D eigenvalue weighted by Gasteiger charge is 2.26. The second-order valence-electron chi connectivity index (χ2n) is 8.43. The molecule has 1 N–H and O–H groups in total. The third-order valence-electron chi connectivity index (χ3n) is 6.13. The predicted octanol–water partition coefficient (Wildman–Crippen LogP) is 6.87. The van der Waals surface area contributed by atoms with E-state index in [9.17, 15) is 4.79 Å². The number of benzene rings is 2. The number of hydrogen-bond donors (Lipinski definition) is 1. The lowest BCUT2D eigenvalue weighted by molar-refractivity contribution is 0.161. The van der Waals surface area contributed by atoms with Crippen LogP contribution in [0.25, 0.3) is 0 Å². The third kappa shape index (κ3) is 5.50. The van der Waals surface area contributed by atoms with Crippen LogP contribution in [0.4, 0.5) is 10.5 Å². The quantitative estimate of drug-likeness (QED) is 0.450. The Hall–Kier alpha value is -2.72. The van der Waals surface area contributed by atoms with Crippen molar-refractivity contribution >= 4 is 23.3 Å². The molecule has 5 heteroatoms. The van der Waals surface area contributed by atoms with Crippen LogP contribution in [-0.4, -0.2) is 21.5 Å². The maximum absolute atomic E-state index is 13.3. The molecule has 0 radical (unpaired) electrons. The van der Waals surface area contributed by atoms with Crippen LogP contribution < -0.4 is 5.32 Å². The van der Waals surface area contributed by atoms with Crippen LogP contribution >= 0.6 is 11.6 Å². The zero-order valence-corrected chi connectivity index (χ0v) is 18.8. The molecule has 1 saturated carbocycles. The Bertz CT molecular complexity index is 1010. The summed E-state index contributed by atoms with van der Waals surface area (Å²) < 4.78 is 2.19. The Kier molecular flexibility index (Phi) is 6.98. The van der Waals surface area contributed by atoms with Gasteiger partial charge in [0, 0.05) is 35.2 Å². The number of nitrogens with one attached hydrogen (secondary N) is 1. The average Bonchev–Trinajstić information content (AvgIpc) is 3.22. The van der Waals surface area contributed by atoms with Crippen molar-refractivity contribution in [2.75, 3.05) is 5.32 Å². The summed E-state index contributed by atoms with van der Waals surface area (Å²) in [6.45, 7) is 3.33. The van der Waals surface area contributed by atoms with E-state index in [0.717, 1.165) is 34.8 Å². The number of anilines is 1. The molecule has 1 aliphatic carbocycles. The highest BCUT2D eigenvalue weighted by molar-refractivity contribution is 6.31. The van der Waals surface area contributed by atoms with E-state index in [-0.39, 0.29) is 12.1 Å². The summed E-state index contributed by atoms with van der Waals surface area (Å²) in [5.74, 6) is 0. The zero-order chi connectivity index (χ0) is 21.6. The first kappa shape index (κ1) is 21.5. The second-order valence-corrected chi connectivity index (χ2v) is 8.84. The van der Waals surface area contributed by atoms with Gasteiger partial charge in [0.25, 0.3) is 0 Å². The molecule has 3 aromatic rings. The summed E-state index contributed by atoms with van der Waals surface area (Å²) in [4.78, 5) is 15.4. The molecule has 1 heterocycles. The highest BCUT2D eigenvalue weighted by atomic mass is 35.5. The summed E-state index contributed by atoms with van der Waals surface area (Å²) in [6, 6.07) is 20.3. The smallest absolute Gasteiger partial charge is 0.322 e. The van der Waals surface area contributed by atoms with E-state index in [4.69, 9.17) is 11.6 Å². The first-order chi connectivity index (χ1) is 15.1. The number of aryl methyl sites for hydroxylation is 1. The van der Waals surface area contributed by atoms with Crippen LogP contribution in [0.3, 0.4) is 0 Å². The Morgan fingerprint density at radius 1 is 1.03 bits per heavy atom. The van der Waals surface area contributed by atoms with Crippen LogP contribution in [0.1, 0.15) is 48.9 Å². The van der Waals surface area contributed by atoms with Gasteiger partial charge in [0.15, 0.2) is 0 Å². The van der Waals surface area contributed by atoms with Gasteiger partial charge in [0.2, 0.25) is 0 Å². The van der Waals surface area contributed by atoms with Crippen molar-refractivity contribution in [2.24, 2.45) is 0 Å². The summed E-state index contributed by atoms with van der Waals surface area (Å²) in [7, 11) is 0. The van der Waals surface area contributed by atoms with Crippen LogP contribution in [-0.2, 0) is 13.1 Å². The molecular formula is C26H30ClN3O. The fourth-order valence-electron chi connectivity index (χ4n) is 4.32. The number of nitrogens with zero attached hydrogens (tertiary/aromatic N) is 2. The Labute approximate surface area is 189 Å². The van der Waals surface area contributed by atoms with Crippen molar-refractivity contribution < 1.29 is 4.79 Å². The van der Waals surface area contributed by atoms with E-state index in [1.165, 1.54) is 24.8 Å². The summed E-state index contributed by atoms with van der Waals surface area (Å²) >= 11 is 6.38. The molecule has 2 aromatic carbocycles. The lowest BCUT2D eigenvalue weighted by atomic mass is 9.94. The van der Waals surface area contributed by atoms with Gasteiger partial charge in [-0.3, -0.25) is 0 Å². The largest absolute Gasteiger partial charge is 0.345 e. The van der Waals surface area contributed by atoms with Gasteiger partial charge in [-0.25, -0.2) is 4.79 Å². The summed E-state index contributed by atoms with van der Waals surface area (Å²) in [5, 5.41) is 3.88. The summed E-state index contributed by atoms with van der Waals surface area (Å²) in [6.07, 6.45) is 7.81. The first-order valence-corrected chi connectivity index (χ1v) is 11.5. The number of amides is 2. The monoisotopic (exact) mass is 435 g/mol. The number of carbonyl (C=O) groups is 1. The molecule has 162 valence electrons. The molecule has 0 spiro atoms.